The lowest BCUT2D eigenvalue weighted by Gasteiger charge is -2.48. The van der Waals surface area contributed by atoms with Gasteiger partial charge in [0.05, 0.1) is 12.0 Å². The van der Waals surface area contributed by atoms with Crippen molar-refractivity contribution < 1.29 is 23.1 Å². The topological polar surface area (TPSA) is 42.0 Å². The van der Waals surface area contributed by atoms with Crippen LogP contribution in [0.3, 0.4) is 0 Å². The van der Waals surface area contributed by atoms with Crippen molar-refractivity contribution in [1.29, 1.82) is 0 Å². The summed E-state index contributed by atoms with van der Waals surface area (Å²) < 4.78 is 32.5. The molecule has 8 heteroatoms. The van der Waals surface area contributed by atoms with Gasteiger partial charge in [0, 0.05) is 19.9 Å². The highest BCUT2D eigenvalue weighted by Gasteiger charge is 2.69. The van der Waals surface area contributed by atoms with Gasteiger partial charge >= 0.3 is 5.97 Å². The number of hydroxylamine groups is 2. The molecule has 2 fully saturated rings. The van der Waals surface area contributed by atoms with Crippen molar-refractivity contribution in [2.75, 3.05) is 20.7 Å². The number of alkyl halides is 3. The standard InChI is InChI=1S/C18H23ClF2N2O3/c1-4-25-16(24)17(10-18(20,21)11-17)15-22(2)14(23(3)26-15)12-6-5-7-13(19)9-8-12/h5-9,13-15H,4,10-11H2,1-3H3. The molecule has 2 aliphatic carbocycles. The molecule has 0 spiro atoms. The van der Waals surface area contributed by atoms with E-state index in [9.17, 15) is 13.6 Å². The van der Waals surface area contributed by atoms with Gasteiger partial charge in [-0.25, -0.2) is 8.78 Å². The van der Waals surface area contributed by atoms with Crippen LogP contribution in [0.5, 0.6) is 0 Å². The number of carbonyl (C=O) groups is 1. The van der Waals surface area contributed by atoms with Gasteiger partial charge in [-0.15, -0.1) is 11.6 Å². The van der Waals surface area contributed by atoms with Crippen LogP contribution >= 0.6 is 11.6 Å². The van der Waals surface area contributed by atoms with E-state index in [1.165, 1.54) is 0 Å². The van der Waals surface area contributed by atoms with Crippen molar-refractivity contribution >= 4 is 17.6 Å². The van der Waals surface area contributed by atoms with Crippen LogP contribution in [0.4, 0.5) is 8.78 Å². The molecule has 1 aliphatic heterocycles. The van der Waals surface area contributed by atoms with Crippen molar-refractivity contribution in [1.82, 2.24) is 9.96 Å². The molecule has 1 saturated carbocycles. The Morgan fingerprint density at radius 1 is 1.38 bits per heavy atom. The highest BCUT2D eigenvalue weighted by Crippen LogP contribution is 2.57. The third-order valence-corrected chi connectivity index (χ3v) is 5.31. The maximum Gasteiger partial charge on any atom is 0.316 e. The smallest absolute Gasteiger partial charge is 0.316 e. The Hall–Kier alpha value is -1.28. The van der Waals surface area contributed by atoms with Crippen molar-refractivity contribution in [3.8, 4) is 0 Å². The van der Waals surface area contributed by atoms with Crippen LogP contribution in [-0.4, -0.2) is 60.3 Å². The first kappa shape index (κ1) is 19.5. The summed E-state index contributed by atoms with van der Waals surface area (Å²) in [4.78, 5) is 20.2. The molecule has 26 heavy (non-hydrogen) atoms. The van der Waals surface area contributed by atoms with E-state index in [-0.39, 0.29) is 18.1 Å². The second kappa shape index (κ2) is 7.03. The molecule has 5 nitrogen and oxygen atoms in total. The van der Waals surface area contributed by atoms with E-state index in [0.29, 0.717) is 0 Å². The summed E-state index contributed by atoms with van der Waals surface area (Å²) in [5, 5.41) is 1.37. The largest absolute Gasteiger partial charge is 0.465 e. The van der Waals surface area contributed by atoms with Crippen LogP contribution in [0.15, 0.2) is 36.0 Å². The maximum atomic E-state index is 13.7. The number of rotatable bonds is 4. The number of hydrogen-bond donors (Lipinski definition) is 0. The lowest BCUT2D eigenvalue weighted by atomic mass is 9.64. The molecule has 0 bridgehead atoms. The fraction of sp³-hybridized carbons (Fsp3) is 0.611. The quantitative estimate of drug-likeness (QED) is 0.547. The van der Waals surface area contributed by atoms with Gasteiger partial charge in [0.15, 0.2) is 6.23 Å². The Bertz CT molecular complexity index is 657. The number of halogens is 3. The molecule has 3 rings (SSSR count). The number of nitrogens with zero attached hydrogens (tertiary/aromatic N) is 2. The summed E-state index contributed by atoms with van der Waals surface area (Å²) in [5.74, 6) is -3.52. The second-order valence-corrected chi connectivity index (χ2v) is 7.49. The Labute approximate surface area is 156 Å². The van der Waals surface area contributed by atoms with Crippen molar-refractivity contribution in [3.63, 3.8) is 0 Å². The highest BCUT2D eigenvalue weighted by atomic mass is 35.5. The second-order valence-electron chi connectivity index (χ2n) is 6.98. The fourth-order valence-corrected chi connectivity index (χ4v) is 4.10. The lowest BCUT2D eigenvalue weighted by Crippen LogP contribution is -2.61. The predicted molar refractivity (Wildman–Crippen MR) is 93.4 cm³/mol. The van der Waals surface area contributed by atoms with Crippen LogP contribution in [0.2, 0.25) is 0 Å². The van der Waals surface area contributed by atoms with Gasteiger partial charge in [0.1, 0.15) is 11.6 Å². The molecule has 3 aliphatic rings. The number of carbonyl (C=O) groups excluding carboxylic acids is 1. The van der Waals surface area contributed by atoms with E-state index in [4.69, 9.17) is 21.2 Å². The van der Waals surface area contributed by atoms with E-state index in [1.54, 1.807) is 31.0 Å². The minimum absolute atomic E-state index is 0.137. The minimum Gasteiger partial charge on any atom is -0.465 e. The number of ether oxygens (including phenoxy) is 1. The van der Waals surface area contributed by atoms with Gasteiger partial charge in [-0.3, -0.25) is 14.5 Å². The summed E-state index contributed by atoms with van der Waals surface area (Å²) in [6.45, 7) is 1.80. The molecule has 1 heterocycles. The van der Waals surface area contributed by atoms with E-state index in [2.05, 4.69) is 0 Å². The Morgan fingerprint density at radius 3 is 2.69 bits per heavy atom. The zero-order valence-electron chi connectivity index (χ0n) is 15.0. The minimum atomic E-state index is -2.89. The molecule has 1 saturated heterocycles. The Kier molecular flexibility index (Phi) is 5.27. The summed E-state index contributed by atoms with van der Waals surface area (Å²) >= 11 is 6.10. The number of allylic oxidation sites excluding steroid dienone is 4. The predicted octanol–water partition coefficient (Wildman–Crippen LogP) is 3.09. The normalized spacial score (nSPS) is 33.5. The van der Waals surface area contributed by atoms with E-state index in [0.717, 1.165) is 5.57 Å². The zero-order chi connectivity index (χ0) is 19.1. The van der Waals surface area contributed by atoms with Crippen molar-refractivity contribution in [2.45, 2.75) is 43.5 Å². The molecule has 0 aromatic rings. The maximum absolute atomic E-state index is 13.7. The number of likely N-dealkylation sites (N-methyl/N-ethyl adjacent to an activating group) is 2. The van der Waals surface area contributed by atoms with E-state index in [1.807, 2.05) is 30.4 Å². The molecule has 0 N–H and O–H groups in total. The molecule has 0 amide bonds. The monoisotopic (exact) mass is 388 g/mol. The van der Waals surface area contributed by atoms with E-state index < -0.39 is 36.4 Å². The first-order valence-corrected chi connectivity index (χ1v) is 9.01. The van der Waals surface area contributed by atoms with Crippen LogP contribution in [0.1, 0.15) is 19.8 Å². The van der Waals surface area contributed by atoms with Crippen LogP contribution in [-0.2, 0) is 14.4 Å². The average Bonchev–Trinajstić information content (AvgIpc) is 2.69. The summed E-state index contributed by atoms with van der Waals surface area (Å²) in [6.07, 6.45) is 6.99. The van der Waals surface area contributed by atoms with Gasteiger partial charge in [-0.1, -0.05) is 30.4 Å². The molecule has 3 atom stereocenters. The van der Waals surface area contributed by atoms with Crippen molar-refractivity contribution in [2.24, 2.45) is 5.41 Å². The molecule has 0 aromatic carbocycles. The van der Waals surface area contributed by atoms with Gasteiger partial charge in [-0.2, -0.15) is 5.06 Å². The number of esters is 1. The molecule has 0 aromatic heterocycles. The third kappa shape index (κ3) is 3.33. The highest BCUT2D eigenvalue weighted by molar-refractivity contribution is 6.23. The lowest BCUT2D eigenvalue weighted by molar-refractivity contribution is -0.260. The molecular weight excluding hydrogens is 366 g/mol. The molecule has 144 valence electrons. The summed E-state index contributed by atoms with van der Waals surface area (Å²) in [7, 11) is 3.48. The van der Waals surface area contributed by atoms with E-state index >= 15 is 0 Å². The Balaban J connectivity index is 1.87. The average molecular weight is 389 g/mol. The Morgan fingerprint density at radius 2 is 2.08 bits per heavy atom. The van der Waals surface area contributed by atoms with Crippen LogP contribution in [0, 0.1) is 5.41 Å². The first-order valence-electron chi connectivity index (χ1n) is 8.57. The zero-order valence-corrected chi connectivity index (χ0v) is 15.7. The van der Waals surface area contributed by atoms with Gasteiger partial charge in [0.25, 0.3) is 5.92 Å². The fourth-order valence-electron chi connectivity index (χ4n) is 3.94. The SMILES string of the molecule is CCOC(=O)C1(C2ON(C)C(C3=CC=CC(Cl)C=C3)N2C)CC(F)(F)C1. The number of hydrogen-bond acceptors (Lipinski definition) is 5. The van der Waals surface area contributed by atoms with Gasteiger partial charge < -0.3 is 4.74 Å². The summed E-state index contributed by atoms with van der Waals surface area (Å²) in [6, 6.07) is 0. The van der Waals surface area contributed by atoms with Gasteiger partial charge in [0.2, 0.25) is 0 Å². The van der Waals surface area contributed by atoms with Crippen molar-refractivity contribution in [3.05, 3.63) is 36.0 Å². The van der Waals surface area contributed by atoms with Crippen LogP contribution in [0.25, 0.3) is 0 Å². The molecule has 0 radical (unpaired) electrons. The van der Waals surface area contributed by atoms with Crippen LogP contribution < -0.4 is 0 Å². The van der Waals surface area contributed by atoms with Gasteiger partial charge in [-0.05, 0) is 19.5 Å². The third-order valence-electron chi connectivity index (χ3n) is 5.02. The first-order chi connectivity index (χ1) is 12.2. The molecular formula is C18H23ClF2N2O3. The molecule has 3 unspecified atom stereocenters. The summed E-state index contributed by atoms with van der Waals surface area (Å²) in [5.41, 5.74) is -0.487.